The first kappa shape index (κ1) is 21.1. The molecule has 0 radical (unpaired) electrons. The predicted octanol–water partition coefficient (Wildman–Crippen LogP) is 3.67. The number of aldehydes is 1. The van der Waals surface area contributed by atoms with E-state index in [1.54, 1.807) is 30.4 Å². The number of allylic oxidation sites excluding steroid dienone is 7. The first-order valence-electron chi connectivity index (χ1n) is 8.03. The van der Waals surface area contributed by atoms with E-state index in [4.69, 9.17) is 0 Å². The molecule has 0 fully saturated rings. The Kier molecular flexibility index (Phi) is 13.7. The lowest BCUT2D eigenvalue weighted by atomic mass is 10.1. The average Bonchev–Trinajstić information content (AvgIpc) is 2.57. The molecule has 1 unspecified atom stereocenters. The van der Waals surface area contributed by atoms with Crippen LogP contribution in [0.3, 0.4) is 0 Å². The lowest BCUT2D eigenvalue weighted by Gasteiger charge is -1.97. The van der Waals surface area contributed by atoms with Crippen molar-refractivity contribution in [1.29, 1.82) is 0 Å². The summed E-state index contributed by atoms with van der Waals surface area (Å²) >= 11 is 0. The highest BCUT2D eigenvalue weighted by Crippen LogP contribution is 2.05. The van der Waals surface area contributed by atoms with Crippen LogP contribution in [0.25, 0.3) is 0 Å². The van der Waals surface area contributed by atoms with Gasteiger partial charge in [-0.15, -0.1) is 0 Å². The van der Waals surface area contributed by atoms with Crippen LogP contribution >= 0.6 is 0 Å². The number of hydrogen-bond acceptors (Lipinski definition) is 4. The fourth-order valence-corrected chi connectivity index (χ4v) is 1.70. The highest BCUT2D eigenvalue weighted by atomic mass is 16.5. The molecule has 0 aromatic rings. The van der Waals surface area contributed by atoms with Gasteiger partial charge >= 0.3 is 5.97 Å². The number of ether oxygens (including phenoxy) is 1. The van der Waals surface area contributed by atoms with Crippen molar-refractivity contribution in [1.82, 2.24) is 0 Å². The molecule has 1 atom stereocenters. The van der Waals surface area contributed by atoms with Gasteiger partial charge in [-0.3, -0.25) is 9.59 Å². The van der Waals surface area contributed by atoms with Crippen LogP contribution in [0.4, 0.5) is 0 Å². The van der Waals surface area contributed by atoms with Gasteiger partial charge < -0.3 is 9.84 Å². The van der Waals surface area contributed by atoms with Crippen LogP contribution in [-0.2, 0) is 14.3 Å². The molecule has 0 amide bonds. The minimum atomic E-state index is -0.420. The van der Waals surface area contributed by atoms with E-state index in [2.05, 4.69) is 4.74 Å². The number of hydrogen-bond donors (Lipinski definition) is 1. The molecule has 0 heterocycles. The highest BCUT2D eigenvalue weighted by molar-refractivity contribution is 5.74. The van der Waals surface area contributed by atoms with Crippen LogP contribution in [0, 0.1) is 0 Å². The van der Waals surface area contributed by atoms with Crippen molar-refractivity contribution in [2.75, 3.05) is 7.11 Å². The van der Waals surface area contributed by atoms with Gasteiger partial charge in [-0.2, -0.15) is 0 Å². The Bertz CT molecular complexity index is 444. The Morgan fingerprint density at radius 2 is 1.96 bits per heavy atom. The van der Waals surface area contributed by atoms with E-state index in [0.717, 1.165) is 25.5 Å². The van der Waals surface area contributed by atoms with Crippen LogP contribution in [0.2, 0.25) is 0 Å². The Labute approximate surface area is 139 Å². The molecule has 23 heavy (non-hydrogen) atoms. The van der Waals surface area contributed by atoms with Crippen molar-refractivity contribution in [3.05, 3.63) is 48.1 Å². The largest absolute Gasteiger partial charge is 0.469 e. The molecule has 0 saturated carbocycles. The fourth-order valence-electron chi connectivity index (χ4n) is 1.70. The van der Waals surface area contributed by atoms with Gasteiger partial charge in [0.1, 0.15) is 6.29 Å². The molecule has 0 bridgehead atoms. The zero-order valence-electron chi connectivity index (χ0n) is 14.1. The van der Waals surface area contributed by atoms with Gasteiger partial charge in [-0.1, -0.05) is 49.5 Å². The SMILES string of the molecule is CCC(O)C=CC=CC=C(C=O)CC=CCCCCC(=O)OC. The molecule has 0 aliphatic rings. The summed E-state index contributed by atoms with van der Waals surface area (Å²) in [6.45, 7) is 1.91. The monoisotopic (exact) mass is 320 g/mol. The van der Waals surface area contributed by atoms with E-state index < -0.39 is 6.10 Å². The molecule has 0 rings (SSSR count). The van der Waals surface area contributed by atoms with Gasteiger partial charge in [0, 0.05) is 6.42 Å². The third-order valence-electron chi connectivity index (χ3n) is 3.19. The van der Waals surface area contributed by atoms with Gasteiger partial charge in [-0.05, 0) is 37.7 Å². The standard InChI is InChI=1S/C19H28O4/c1-3-18(21)14-10-7-9-13-17(16-20)12-8-5-4-6-11-15-19(22)23-2/h5,7-10,13-14,16,18,21H,3-4,6,11-12,15H2,1-2H3. The molecule has 4 nitrogen and oxygen atoms in total. The zero-order chi connectivity index (χ0) is 17.3. The number of esters is 1. The first-order valence-corrected chi connectivity index (χ1v) is 8.03. The molecule has 0 spiro atoms. The Balaban J connectivity index is 4.00. The van der Waals surface area contributed by atoms with Gasteiger partial charge in [0.15, 0.2) is 0 Å². The lowest BCUT2D eigenvalue weighted by molar-refractivity contribution is -0.140. The van der Waals surface area contributed by atoms with E-state index in [1.807, 2.05) is 19.1 Å². The number of aliphatic hydroxyl groups excluding tert-OH is 1. The van der Waals surface area contributed by atoms with Crippen molar-refractivity contribution in [2.45, 2.75) is 51.6 Å². The van der Waals surface area contributed by atoms with Gasteiger partial charge in [0.25, 0.3) is 0 Å². The van der Waals surface area contributed by atoms with Crippen molar-refractivity contribution in [3.63, 3.8) is 0 Å². The first-order chi connectivity index (χ1) is 11.1. The summed E-state index contributed by atoms with van der Waals surface area (Å²) in [5, 5.41) is 9.33. The zero-order valence-corrected chi connectivity index (χ0v) is 14.1. The van der Waals surface area contributed by atoms with Gasteiger partial charge in [-0.25, -0.2) is 0 Å². The van der Waals surface area contributed by atoms with E-state index in [0.29, 0.717) is 24.8 Å². The molecule has 0 saturated heterocycles. The van der Waals surface area contributed by atoms with Crippen molar-refractivity contribution >= 4 is 12.3 Å². The Morgan fingerprint density at radius 3 is 2.61 bits per heavy atom. The fraction of sp³-hybridized carbons (Fsp3) is 0.474. The van der Waals surface area contributed by atoms with Gasteiger partial charge in [0.05, 0.1) is 13.2 Å². The van der Waals surface area contributed by atoms with Crippen molar-refractivity contribution in [2.24, 2.45) is 0 Å². The Hall–Kier alpha value is -1.94. The number of unbranched alkanes of at least 4 members (excludes halogenated alkanes) is 2. The predicted molar refractivity (Wildman–Crippen MR) is 93.0 cm³/mol. The quantitative estimate of drug-likeness (QED) is 0.149. The summed E-state index contributed by atoms with van der Waals surface area (Å²) in [4.78, 5) is 21.9. The highest BCUT2D eigenvalue weighted by Gasteiger charge is 1.97. The molecule has 4 heteroatoms. The minimum absolute atomic E-state index is 0.174. The number of carbonyl (C=O) groups is 2. The number of carbonyl (C=O) groups excluding carboxylic acids is 2. The van der Waals surface area contributed by atoms with Crippen molar-refractivity contribution < 1.29 is 19.4 Å². The second kappa shape index (κ2) is 15.0. The normalized spacial score (nSPS) is 14.0. The minimum Gasteiger partial charge on any atom is -0.469 e. The maximum Gasteiger partial charge on any atom is 0.305 e. The average molecular weight is 320 g/mol. The second-order valence-corrected chi connectivity index (χ2v) is 5.10. The summed E-state index contributed by atoms with van der Waals surface area (Å²) in [6.07, 6.45) is 17.6. The van der Waals surface area contributed by atoms with Crippen LogP contribution in [0.15, 0.2) is 48.1 Å². The molecule has 1 N–H and O–H groups in total. The summed E-state index contributed by atoms with van der Waals surface area (Å²) in [5.41, 5.74) is 0.691. The number of aliphatic hydroxyl groups is 1. The van der Waals surface area contributed by atoms with E-state index in [1.165, 1.54) is 7.11 Å². The summed E-state index contributed by atoms with van der Waals surface area (Å²) in [7, 11) is 1.39. The molecule has 0 aromatic carbocycles. The third-order valence-corrected chi connectivity index (χ3v) is 3.19. The molecular weight excluding hydrogens is 292 g/mol. The molecular formula is C19H28O4. The summed E-state index contributed by atoms with van der Waals surface area (Å²) < 4.78 is 4.57. The summed E-state index contributed by atoms with van der Waals surface area (Å²) in [6, 6.07) is 0. The van der Waals surface area contributed by atoms with Crippen LogP contribution in [-0.4, -0.2) is 30.6 Å². The Morgan fingerprint density at radius 1 is 1.17 bits per heavy atom. The second-order valence-electron chi connectivity index (χ2n) is 5.10. The molecule has 128 valence electrons. The lowest BCUT2D eigenvalue weighted by Crippen LogP contribution is -1.98. The topological polar surface area (TPSA) is 63.6 Å². The molecule has 0 aromatic heterocycles. The molecule has 0 aliphatic carbocycles. The van der Waals surface area contributed by atoms with E-state index in [9.17, 15) is 14.7 Å². The van der Waals surface area contributed by atoms with Crippen LogP contribution in [0.5, 0.6) is 0 Å². The van der Waals surface area contributed by atoms with Crippen LogP contribution in [0.1, 0.15) is 45.4 Å². The number of methoxy groups -OCH3 is 1. The van der Waals surface area contributed by atoms with Crippen molar-refractivity contribution in [3.8, 4) is 0 Å². The van der Waals surface area contributed by atoms with Crippen LogP contribution < -0.4 is 0 Å². The molecule has 0 aliphatic heterocycles. The number of rotatable bonds is 12. The maximum atomic E-state index is 11.0. The summed E-state index contributed by atoms with van der Waals surface area (Å²) in [5.74, 6) is -0.174. The smallest absolute Gasteiger partial charge is 0.305 e. The third kappa shape index (κ3) is 13.4. The van der Waals surface area contributed by atoms with Gasteiger partial charge in [0.2, 0.25) is 0 Å². The van der Waals surface area contributed by atoms with E-state index in [-0.39, 0.29) is 5.97 Å². The maximum absolute atomic E-state index is 11.0. The van der Waals surface area contributed by atoms with E-state index >= 15 is 0 Å².